The van der Waals surface area contributed by atoms with Gasteiger partial charge in [0.05, 0.1) is 0 Å². The van der Waals surface area contributed by atoms with E-state index in [4.69, 9.17) is 0 Å². The second-order valence-electron chi connectivity index (χ2n) is 7.97. The summed E-state index contributed by atoms with van der Waals surface area (Å²) in [6, 6.07) is 24.2. The van der Waals surface area contributed by atoms with Crippen LogP contribution in [0.5, 0.6) is 0 Å². The minimum atomic E-state index is 0.689. The predicted molar refractivity (Wildman–Crippen MR) is 135 cm³/mol. The minimum Gasteiger partial charge on any atom is -0.298 e. The molecule has 0 bridgehead atoms. The van der Waals surface area contributed by atoms with Crippen LogP contribution in [-0.4, -0.2) is 12.6 Å². The first-order valence-electron chi connectivity index (χ1n) is 10.6. The number of carbonyl (C=O) groups excluding carboxylic acids is 2. The van der Waals surface area contributed by atoms with Gasteiger partial charge in [0.2, 0.25) is 0 Å². The number of hydrogen-bond acceptors (Lipinski definition) is 2. The Kier molecular flexibility index (Phi) is 6.23. The minimum absolute atomic E-state index is 0.689. The molecular weight excluding hydrogens is 392 g/mol. The first-order chi connectivity index (χ1) is 15.6. The molecular formula is C30H24O2. The normalized spacial score (nSPS) is 11.4. The Morgan fingerprint density at radius 2 is 1.09 bits per heavy atom. The molecule has 0 atom stereocenters. The van der Waals surface area contributed by atoms with E-state index in [-0.39, 0.29) is 0 Å². The van der Waals surface area contributed by atoms with Crippen LogP contribution in [-0.2, 0) is 0 Å². The van der Waals surface area contributed by atoms with E-state index in [2.05, 4.69) is 54.6 Å². The fourth-order valence-electron chi connectivity index (χ4n) is 3.88. The zero-order valence-electron chi connectivity index (χ0n) is 18.2. The highest BCUT2D eigenvalue weighted by Gasteiger charge is 2.03. The number of aldehydes is 2. The molecule has 0 heterocycles. The average molecular weight is 417 g/mol. The van der Waals surface area contributed by atoms with Gasteiger partial charge in [-0.05, 0) is 82.3 Å². The Labute approximate surface area is 188 Å². The predicted octanol–water partition coefficient (Wildman–Crippen LogP) is 7.42. The van der Waals surface area contributed by atoms with Crippen molar-refractivity contribution >= 4 is 47.6 Å². The lowest BCUT2D eigenvalue weighted by molar-refractivity contribution is 0.111. The highest BCUT2D eigenvalue weighted by atomic mass is 16.1. The van der Waals surface area contributed by atoms with E-state index < -0.39 is 0 Å². The Bertz CT molecular complexity index is 1370. The summed E-state index contributed by atoms with van der Waals surface area (Å²) in [5.74, 6) is 0. The maximum Gasteiger partial charge on any atom is 0.150 e. The first-order valence-corrected chi connectivity index (χ1v) is 10.6. The van der Waals surface area contributed by atoms with Crippen LogP contribution in [0, 0.1) is 13.8 Å². The van der Waals surface area contributed by atoms with Gasteiger partial charge in [0, 0.05) is 11.1 Å². The smallest absolute Gasteiger partial charge is 0.150 e. The summed E-state index contributed by atoms with van der Waals surface area (Å²) in [5.41, 5.74) is 7.94. The van der Waals surface area contributed by atoms with E-state index in [9.17, 15) is 9.59 Å². The van der Waals surface area contributed by atoms with Crippen molar-refractivity contribution in [2.24, 2.45) is 0 Å². The number of aryl methyl sites for hydroxylation is 2. The van der Waals surface area contributed by atoms with Gasteiger partial charge < -0.3 is 0 Å². The summed E-state index contributed by atoms with van der Waals surface area (Å²) >= 11 is 0. The molecule has 0 aliphatic heterocycles. The van der Waals surface area contributed by atoms with E-state index in [1.54, 1.807) is 0 Å². The van der Waals surface area contributed by atoms with Gasteiger partial charge in [-0.25, -0.2) is 0 Å². The van der Waals surface area contributed by atoms with Crippen LogP contribution in [0.3, 0.4) is 0 Å². The van der Waals surface area contributed by atoms with Crippen LogP contribution in [0.4, 0.5) is 0 Å². The summed E-state index contributed by atoms with van der Waals surface area (Å²) in [6.07, 6.45) is 10.2. The van der Waals surface area contributed by atoms with Crippen LogP contribution in [0.15, 0.2) is 72.8 Å². The van der Waals surface area contributed by atoms with Crippen molar-refractivity contribution in [1.29, 1.82) is 0 Å². The van der Waals surface area contributed by atoms with E-state index in [0.717, 1.165) is 46.0 Å². The van der Waals surface area contributed by atoms with Gasteiger partial charge in [0.15, 0.2) is 0 Å². The molecule has 4 aromatic carbocycles. The molecule has 0 amide bonds. The molecule has 0 radical (unpaired) electrons. The fourth-order valence-corrected chi connectivity index (χ4v) is 3.88. The lowest BCUT2D eigenvalue weighted by Crippen LogP contribution is -1.86. The van der Waals surface area contributed by atoms with Crippen molar-refractivity contribution in [2.45, 2.75) is 13.8 Å². The summed E-state index contributed by atoms with van der Waals surface area (Å²) < 4.78 is 0. The SMILES string of the molecule is Cc1cc(C=O)ccc1/C=C\c1cc(/C=C\c2ccc(C=O)cc2C)c2ccccc2c1. The third-order valence-corrected chi connectivity index (χ3v) is 5.67. The van der Waals surface area contributed by atoms with Gasteiger partial charge in [-0.2, -0.15) is 0 Å². The van der Waals surface area contributed by atoms with Gasteiger partial charge in [-0.15, -0.1) is 0 Å². The molecule has 2 heteroatoms. The van der Waals surface area contributed by atoms with Gasteiger partial charge in [0.1, 0.15) is 12.6 Å². The molecule has 0 saturated carbocycles. The molecule has 0 aromatic heterocycles. The lowest BCUT2D eigenvalue weighted by atomic mass is 9.98. The van der Waals surface area contributed by atoms with Gasteiger partial charge >= 0.3 is 0 Å². The number of rotatable bonds is 6. The largest absolute Gasteiger partial charge is 0.298 e. The van der Waals surface area contributed by atoms with Crippen LogP contribution in [0.2, 0.25) is 0 Å². The Hall–Kier alpha value is -4.04. The first kappa shape index (κ1) is 21.2. The Balaban J connectivity index is 1.72. The zero-order chi connectivity index (χ0) is 22.5. The monoisotopic (exact) mass is 416 g/mol. The maximum atomic E-state index is 11.0. The fraction of sp³-hybridized carbons (Fsp3) is 0.0667. The molecule has 0 fully saturated rings. The topological polar surface area (TPSA) is 34.1 Å². The standard InChI is InChI=1S/C30H24O2/c1-21-15-24(19-31)8-11-26(21)10-7-23-17-28-5-3-4-6-30(28)29(18-23)14-13-27-12-9-25(20-32)16-22(27)2/h3-20H,1-2H3/b10-7-,14-13-. The van der Waals surface area contributed by atoms with Gasteiger partial charge in [0.25, 0.3) is 0 Å². The third kappa shape index (κ3) is 4.65. The van der Waals surface area contributed by atoms with Crippen molar-refractivity contribution in [2.75, 3.05) is 0 Å². The number of fused-ring (bicyclic) bond motifs is 1. The van der Waals surface area contributed by atoms with Crippen molar-refractivity contribution in [1.82, 2.24) is 0 Å². The quantitative estimate of drug-likeness (QED) is 0.242. The summed E-state index contributed by atoms with van der Waals surface area (Å²) in [6.45, 7) is 4.03. The highest BCUT2D eigenvalue weighted by Crippen LogP contribution is 2.25. The maximum absolute atomic E-state index is 11.0. The molecule has 0 unspecified atom stereocenters. The van der Waals surface area contributed by atoms with Gasteiger partial charge in [-0.1, -0.05) is 72.8 Å². The average Bonchev–Trinajstić information content (AvgIpc) is 2.82. The molecule has 0 saturated heterocycles. The summed E-state index contributed by atoms with van der Waals surface area (Å²) in [4.78, 5) is 22.0. The van der Waals surface area contributed by atoms with Crippen molar-refractivity contribution < 1.29 is 9.59 Å². The molecule has 2 nitrogen and oxygen atoms in total. The second-order valence-corrected chi connectivity index (χ2v) is 7.97. The number of benzene rings is 4. The molecule has 0 aliphatic rings. The zero-order valence-corrected chi connectivity index (χ0v) is 18.2. The number of carbonyl (C=O) groups is 2. The van der Waals surface area contributed by atoms with Crippen molar-refractivity contribution in [3.8, 4) is 0 Å². The van der Waals surface area contributed by atoms with Crippen LogP contribution >= 0.6 is 0 Å². The van der Waals surface area contributed by atoms with E-state index >= 15 is 0 Å². The van der Waals surface area contributed by atoms with E-state index in [1.807, 2.05) is 56.3 Å². The van der Waals surface area contributed by atoms with Gasteiger partial charge in [-0.3, -0.25) is 9.59 Å². The molecule has 156 valence electrons. The number of hydrogen-bond donors (Lipinski definition) is 0. The Morgan fingerprint density at radius 1 is 0.531 bits per heavy atom. The Morgan fingerprint density at radius 3 is 1.69 bits per heavy atom. The van der Waals surface area contributed by atoms with Crippen LogP contribution in [0.1, 0.15) is 54.1 Å². The highest BCUT2D eigenvalue weighted by molar-refractivity contribution is 5.95. The summed E-state index contributed by atoms with van der Waals surface area (Å²) in [5, 5.41) is 2.37. The van der Waals surface area contributed by atoms with Crippen LogP contribution in [0.25, 0.3) is 35.1 Å². The third-order valence-electron chi connectivity index (χ3n) is 5.67. The molecule has 4 rings (SSSR count). The van der Waals surface area contributed by atoms with Crippen molar-refractivity contribution in [3.05, 3.63) is 117 Å². The summed E-state index contributed by atoms with van der Waals surface area (Å²) in [7, 11) is 0. The van der Waals surface area contributed by atoms with E-state index in [1.165, 1.54) is 10.8 Å². The van der Waals surface area contributed by atoms with Crippen molar-refractivity contribution in [3.63, 3.8) is 0 Å². The molecule has 0 N–H and O–H groups in total. The molecule has 32 heavy (non-hydrogen) atoms. The van der Waals surface area contributed by atoms with Crippen LogP contribution < -0.4 is 0 Å². The molecule has 0 aliphatic carbocycles. The molecule has 4 aromatic rings. The van der Waals surface area contributed by atoms with E-state index in [0.29, 0.717) is 11.1 Å². The second kappa shape index (κ2) is 9.40. The lowest BCUT2D eigenvalue weighted by Gasteiger charge is -2.07. The molecule has 0 spiro atoms.